The van der Waals surface area contributed by atoms with Crippen LogP contribution in [0.4, 0.5) is 10.5 Å². The number of nitriles is 1. The highest BCUT2D eigenvalue weighted by molar-refractivity contribution is 14.1. The number of phenols is 1. The van der Waals surface area contributed by atoms with Crippen molar-refractivity contribution in [2.24, 2.45) is 5.41 Å². The number of nitrogens with one attached hydrogen (secondary N) is 2. The summed E-state index contributed by atoms with van der Waals surface area (Å²) in [5, 5.41) is 30.5. The Bertz CT molecular complexity index is 997. The molecular weight excluding hydrogens is 501 g/mol. The van der Waals surface area contributed by atoms with Crippen LogP contribution in [0.15, 0.2) is 54.6 Å². The van der Waals surface area contributed by atoms with Crippen molar-refractivity contribution in [2.75, 3.05) is 5.32 Å². The number of ether oxygens (including phenoxy) is 1. The maximum Gasteiger partial charge on any atom is 0.412 e. The number of carbonyl (C=O) groups excluding carboxylic acids is 2. The zero-order chi connectivity index (χ0) is 22.3. The predicted molar refractivity (Wildman–Crippen MR) is 118 cm³/mol. The molecule has 156 valence electrons. The zero-order valence-electron chi connectivity index (χ0n) is 16.2. The Morgan fingerprint density at radius 3 is 2.50 bits per heavy atom. The summed E-state index contributed by atoms with van der Waals surface area (Å²) < 4.78 is 6.45. The molecule has 1 atom stereocenters. The number of anilines is 1. The number of carbonyl (C=O) groups is 2. The molecule has 2 aromatic rings. The van der Waals surface area contributed by atoms with Gasteiger partial charge in [0.2, 0.25) is 0 Å². The summed E-state index contributed by atoms with van der Waals surface area (Å²) in [5.41, 5.74) is 1.80. The van der Waals surface area contributed by atoms with Crippen molar-refractivity contribution < 1.29 is 24.6 Å². The maximum absolute atomic E-state index is 12.6. The van der Waals surface area contributed by atoms with Gasteiger partial charge in [-0.25, -0.2) is 10.3 Å². The summed E-state index contributed by atoms with van der Waals surface area (Å²) in [4.78, 5) is 24.0. The van der Waals surface area contributed by atoms with Gasteiger partial charge >= 0.3 is 6.09 Å². The molecule has 0 radical (unpaired) electrons. The van der Waals surface area contributed by atoms with E-state index in [1.165, 1.54) is 17.6 Å². The van der Waals surface area contributed by atoms with Gasteiger partial charge in [-0.1, -0.05) is 19.9 Å². The number of hydroxylamine groups is 1. The van der Waals surface area contributed by atoms with Gasteiger partial charge in [0.05, 0.1) is 11.6 Å². The van der Waals surface area contributed by atoms with Gasteiger partial charge in [-0.3, -0.25) is 15.3 Å². The highest BCUT2D eigenvalue weighted by atomic mass is 127. The first-order chi connectivity index (χ1) is 14.2. The van der Waals surface area contributed by atoms with Crippen LogP contribution in [0, 0.1) is 20.3 Å². The van der Waals surface area contributed by atoms with Crippen molar-refractivity contribution in [1.29, 1.82) is 5.26 Å². The third-order valence-electron chi connectivity index (χ3n) is 4.21. The van der Waals surface area contributed by atoms with Crippen molar-refractivity contribution in [3.05, 3.63) is 69.3 Å². The van der Waals surface area contributed by atoms with Crippen molar-refractivity contribution in [2.45, 2.75) is 20.0 Å². The minimum absolute atomic E-state index is 0.0697. The Balaban J connectivity index is 2.33. The van der Waals surface area contributed by atoms with Crippen molar-refractivity contribution in [1.82, 2.24) is 5.48 Å². The van der Waals surface area contributed by atoms with Gasteiger partial charge in [-0.15, -0.1) is 0 Å². The Morgan fingerprint density at radius 2 is 1.90 bits per heavy atom. The average Bonchev–Trinajstić information content (AvgIpc) is 2.72. The summed E-state index contributed by atoms with van der Waals surface area (Å²) in [7, 11) is 0. The number of amides is 2. The first-order valence-corrected chi connectivity index (χ1v) is 9.83. The molecule has 0 fully saturated rings. The molecule has 0 aliphatic rings. The highest BCUT2D eigenvalue weighted by Gasteiger charge is 2.34. The van der Waals surface area contributed by atoms with Crippen LogP contribution in [-0.2, 0) is 9.53 Å². The predicted octanol–water partition coefficient (Wildman–Crippen LogP) is 4.25. The zero-order valence-corrected chi connectivity index (χ0v) is 18.4. The van der Waals surface area contributed by atoms with Gasteiger partial charge in [-0.05, 0) is 65.1 Å². The molecule has 0 aliphatic carbocycles. The van der Waals surface area contributed by atoms with Gasteiger partial charge in [0.1, 0.15) is 11.9 Å². The molecule has 2 rings (SSSR count). The van der Waals surface area contributed by atoms with Crippen molar-refractivity contribution in [3.8, 4) is 11.8 Å². The number of nitrogens with zero attached hydrogens (tertiary/aromatic N) is 1. The molecule has 0 bridgehead atoms. The lowest BCUT2D eigenvalue weighted by atomic mass is 9.81. The van der Waals surface area contributed by atoms with Gasteiger partial charge < -0.3 is 9.84 Å². The molecule has 4 N–H and O–H groups in total. The normalized spacial score (nSPS) is 12.1. The average molecular weight is 521 g/mol. The summed E-state index contributed by atoms with van der Waals surface area (Å²) in [6.07, 6.45) is 0.835. The first kappa shape index (κ1) is 23.2. The largest absolute Gasteiger partial charge is 0.508 e. The topological polar surface area (TPSA) is 132 Å². The van der Waals surface area contributed by atoms with E-state index in [4.69, 9.17) is 15.2 Å². The SMILES string of the molecule is CC(C)(/C=C/C(=O)NO)[C@@H](OC(=O)Nc1ccc(C#N)cc1)c1cc(I)ccc1O. The van der Waals surface area contributed by atoms with Crippen LogP contribution >= 0.6 is 22.6 Å². The lowest BCUT2D eigenvalue weighted by Gasteiger charge is -2.32. The van der Waals surface area contributed by atoms with E-state index in [-0.39, 0.29) is 5.75 Å². The molecule has 30 heavy (non-hydrogen) atoms. The fourth-order valence-corrected chi connectivity index (χ4v) is 3.16. The van der Waals surface area contributed by atoms with Crippen molar-refractivity contribution >= 4 is 40.3 Å². The van der Waals surface area contributed by atoms with Gasteiger partial charge in [-0.2, -0.15) is 5.26 Å². The molecule has 0 spiro atoms. The smallest absolute Gasteiger partial charge is 0.412 e. The molecule has 0 unspecified atom stereocenters. The van der Waals surface area contributed by atoms with Crippen LogP contribution < -0.4 is 10.8 Å². The molecule has 2 aromatic carbocycles. The van der Waals surface area contributed by atoms with E-state index in [0.29, 0.717) is 16.8 Å². The minimum Gasteiger partial charge on any atom is -0.508 e. The van der Waals surface area contributed by atoms with Crippen LogP contribution in [0.5, 0.6) is 5.75 Å². The lowest BCUT2D eigenvalue weighted by molar-refractivity contribution is -0.124. The summed E-state index contributed by atoms with van der Waals surface area (Å²) in [6.45, 7) is 3.43. The molecule has 0 aliphatic heterocycles. The Hall–Kier alpha value is -3.10. The number of phenolic OH excluding ortho intramolecular Hbond substituents is 1. The summed E-state index contributed by atoms with van der Waals surface area (Å²) >= 11 is 2.07. The summed E-state index contributed by atoms with van der Waals surface area (Å²) in [5.74, 6) is -0.810. The molecule has 0 saturated carbocycles. The van der Waals surface area contributed by atoms with Crippen LogP contribution in [0.3, 0.4) is 0 Å². The fourth-order valence-electron chi connectivity index (χ4n) is 2.65. The number of hydrogen-bond acceptors (Lipinski definition) is 6. The minimum atomic E-state index is -0.964. The van der Waals surface area contributed by atoms with E-state index in [0.717, 1.165) is 9.65 Å². The molecule has 0 saturated heterocycles. The molecule has 2 amide bonds. The quantitative estimate of drug-likeness (QED) is 0.195. The Morgan fingerprint density at radius 1 is 1.23 bits per heavy atom. The standard InChI is InChI=1S/C21H20IN3O5/c1-21(2,10-9-18(27)25-29)19(16-11-14(22)5-8-17(16)26)30-20(28)24-15-6-3-13(12-23)4-7-15/h3-11,19,26,29H,1-2H3,(H,24,28)(H,25,27)/b10-9+/t19-/m0/s1. The van der Waals surface area contributed by atoms with E-state index in [9.17, 15) is 14.7 Å². The van der Waals surface area contributed by atoms with Crippen LogP contribution in [0.2, 0.25) is 0 Å². The Labute approximate surface area is 187 Å². The van der Waals surface area contributed by atoms with Gasteiger partial charge in [0, 0.05) is 26.3 Å². The van der Waals surface area contributed by atoms with Crippen molar-refractivity contribution in [3.63, 3.8) is 0 Å². The first-order valence-electron chi connectivity index (χ1n) is 8.76. The third-order valence-corrected chi connectivity index (χ3v) is 4.88. The van der Waals surface area contributed by atoms with E-state index in [1.807, 2.05) is 6.07 Å². The second-order valence-electron chi connectivity index (χ2n) is 6.93. The van der Waals surface area contributed by atoms with E-state index < -0.39 is 23.5 Å². The maximum atomic E-state index is 12.6. The van der Waals surface area contributed by atoms with Gasteiger partial charge in [0.25, 0.3) is 5.91 Å². The number of halogens is 1. The third kappa shape index (κ3) is 6.20. The molecule has 9 heteroatoms. The van der Waals surface area contributed by atoms with Crippen LogP contribution in [0.25, 0.3) is 0 Å². The number of rotatable bonds is 6. The van der Waals surface area contributed by atoms with Crippen LogP contribution in [-0.4, -0.2) is 22.3 Å². The highest BCUT2D eigenvalue weighted by Crippen LogP contribution is 2.42. The summed E-state index contributed by atoms with van der Waals surface area (Å²) in [6, 6.07) is 13.1. The molecular formula is C21H20IN3O5. The fraction of sp³-hybridized carbons (Fsp3) is 0.190. The Kier molecular flexibility index (Phi) is 7.79. The van der Waals surface area contributed by atoms with E-state index in [1.54, 1.807) is 50.2 Å². The van der Waals surface area contributed by atoms with Gasteiger partial charge in [0.15, 0.2) is 0 Å². The molecule has 0 aromatic heterocycles. The van der Waals surface area contributed by atoms with E-state index >= 15 is 0 Å². The number of aromatic hydroxyl groups is 1. The van der Waals surface area contributed by atoms with Crippen LogP contribution in [0.1, 0.15) is 31.1 Å². The lowest BCUT2D eigenvalue weighted by Crippen LogP contribution is -2.28. The second kappa shape index (κ2) is 10.1. The second-order valence-corrected chi connectivity index (χ2v) is 8.18. The number of benzene rings is 2. The number of hydrogen-bond donors (Lipinski definition) is 4. The molecule has 0 heterocycles. The van der Waals surface area contributed by atoms with E-state index in [2.05, 4.69) is 27.9 Å². The monoisotopic (exact) mass is 521 g/mol. The molecule has 8 nitrogen and oxygen atoms in total.